The Morgan fingerprint density at radius 2 is 1.92 bits per heavy atom. The molecule has 2 N–H and O–H groups in total. The van der Waals surface area contributed by atoms with E-state index in [0.717, 1.165) is 15.7 Å². The van der Waals surface area contributed by atoms with Gasteiger partial charge in [0.15, 0.2) is 0 Å². The van der Waals surface area contributed by atoms with Crippen molar-refractivity contribution in [2.45, 2.75) is 6.92 Å². The predicted octanol–water partition coefficient (Wildman–Crippen LogP) is 4.91. The lowest BCUT2D eigenvalue weighted by molar-refractivity contribution is 1.16. The third-order valence-corrected chi connectivity index (χ3v) is 4.25. The van der Waals surface area contributed by atoms with Crippen LogP contribution < -0.4 is 10.6 Å². The van der Waals surface area contributed by atoms with E-state index in [-0.39, 0.29) is 0 Å². The van der Waals surface area contributed by atoms with Crippen molar-refractivity contribution in [2.24, 2.45) is 0 Å². The molecule has 0 saturated heterocycles. The lowest BCUT2D eigenvalue weighted by atomic mass is 10.2. The minimum atomic E-state index is 0.477. The second-order valence-corrected chi connectivity index (χ2v) is 5.99. The number of nitrogens with one attached hydrogen (secondary N) is 2. The number of hydrogen-bond acceptors (Lipinski definition) is 5. The first-order valence-electron chi connectivity index (χ1n) is 7.28. The molecule has 0 atom stereocenters. The van der Waals surface area contributed by atoms with Gasteiger partial charge in [-0.2, -0.15) is 10.2 Å². The van der Waals surface area contributed by atoms with Crippen LogP contribution in [0, 0.1) is 18.3 Å². The number of benzene rings is 2. The third kappa shape index (κ3) is 3.70. The van der Waals surface area contributed by atoms with Gasteiger partial charge in [0.2, 0.25) is 5.95 Å². The highest BCUT2D eigenvalue weighted by Gasteiger charge is 2.05. The largest absolute Gasteiger partial charge is 0.339 e. The molecule has 0 radical (unpaired) electrons. The first-order valence-corrected chi connectivity index (χ1v) is 8.07. The summed E-state index contributed by atoms with van der Waals surface area (Å²) in [7, 11) is 0. The SMILES string of the molecule is Cc1ccc(Nc2nccc(Nc3ccccc3C#N)n2)cc1Br. The summed E-state index contributed by atoms with van der Waals surface area (Å²) in [5.41, 5.74) is 3.32. The average Bonchev–Trinajstić information content (AvgIpc) is 2.59. The maximum Gasteiger partial charge on any atom is 0.229 e. The van der Waals surface area contributed by atoms with Gasteiger partial charge >= 0.3 is 0 Å². The first kappa shape index (κ1) is 16.0. The van der Waals surface area contributed by atoms with Gasteiger partial charge in [-0.25, -0.2) is 4.98 Å². The Kier molecular flexibility index (Phi) is 4.73. The summed E-state index contributed by atoms with van der Waals surface area (Å²) < 4.78 is 1.02. The number of para-hydroxylation sites is 1. The lowest BCUT2D eigenvalue weighted by Gasteiger charge is -2.10. The Hall–Kier alpha value is -2.91. The lowest BCUT2D eigenvalue weighted by Crippen LogP contribution is -2.01. The van der Waals surface area contributed by atoms with E-state index in [1.807, 2.05) is 43.3 Å². The van der Waals surface area contributed by atoms with Crippen molar-refractivity contribution in [1.82, 2.24) is 9.97 Å². The van der Waals surface area contributed by atoms with Crippen LogP contribution in [-0.4, -0.2) is 9.97 Å². The monoisotopic (exact) mass is 379 g/mol. The van der Waals surface area contributed by atoms with Crippen LogP contribution in [0.15, 0.2) is 59.2 Å². The predicted molar refractivity (Wildman–Crippen MR) is 98.6 cm³/mol. The zero-order valence-corrected chi connectivity index (χ0v) is 14.5. The molecule has 1 aromatic heterocycles. The summed E-state index contributed by atoms with van der Waals surface area (Å²) in [6.07, 6.45) is 1.66. The molecule has 0 aliphatic carbocycles. The maximum atomic E-state index is 9.15. The van der Waals surface area contributed by atoms with Crippen LogP contribution in [0.3, 0.4) is 0 Å². The Balaban J connectivity index is 1.81. The van der Waals surface area contributed by atoms with Crippen molar-refractivity contribution >= 4 is 39.1 Å². The zero-order chi connectivity index (χ0) is 16.9. The number of anilines is 4. The standard InChI is InChI=1S/C18H14BrN5/c1-12-6-7-14(10-15(12)19)22-18-21-9-8-17(24-18)23-16-5-3-2-4-13(16)11-20/h2-10H,1H3,(H2,21,22,23,24). The molecule has 118 valence electrons. The van der Waals surface area contributed by atoms with Crippen LogP contribution in [0.2, 0.25) is 0 Å². The number of nitrogens with zero attached hydrogens (tertiary/aromatic N) is 3. The van der Waals surface area contributed by atoms with Gasteiger partial charge < -0.3 is 10.6 Å². The second kappa shape index (κ2) is 7.11. The molecular formula is C18H14BrN5. The first-order chi connectivity index (χ1) is 11.7. The molecule has 0 unspecified atom stereocenters. The summed E-state index contributed by atoms with van der Waals surface area (Å²) in [4.78, 5) is 8.66. The summed E-state index contributed by atoms with van der Waals surface area (Å²) in [6.45, 7) is 2.03. The van der Waals surface area contributed by atoms with Crippen LogP contribution in [0.4, 0.5) is 23.1 Å². The van der Waals surface area contributed by atoms with Crippen LogP contribution >= 0.6 is 15.9 Å². The van der Waals surface area contributed by atoms with Crippen molar-refractivity contribution in [3.63, 3.8) is 0 Å². The van der Waals surface area contributed by atoms with E-state index < -0.39 is 0 Å². The van der Waals surface area contributed by atoms with Gasteiger partial charge in [0, 0.05) is 16.4 Å². The van der Waals surface area contributed by atoms with E-state index in [9.17, 15) is 0 Å². The van der Waals surface area contributed by atoms with E-state index in [1.165, 1.54) is 0 Å². The maximum absolute atomic E-state index is 9.15. The van der Waals surface area contributed by atoms with E-state index in [4.69, 9.17) is 5.26 Å². The third-order valence-electron chi connectivity index (χ3n) is 3.39. The van der Waals surface area contributed by atoms with Gasteiger partial charge in [-0.15, -0.1) is 0 Å². The van der Waals surface area contributed by atoms with Gasteiger partial charge in [-0.3, -0.25) is 0 Å². The number of aromatic nitrogens is 2. The zero-order valence-electron chi connectivity index (χ0n) is 12.9. The van der Waals surface area contributed by atoms with Gasteiger partial charge in [-0.05, 0) is 42.8 Å². The molecule has 3 rings (SSSR count). The molecule has 1 heterocycles. The van der Waals surface area contributed by atoms with Crippen molar-refractivity contribution in [3.05, 3.63) is 70.3 Å². The second-order valence-electron chi connectivity index (χ2n) is 5.14. The number of aryl methyl sites for hydroxylation is 1. The van der Waals surface area contributed by atoms with Gasteiger partial charge in [0.1, 0.15) is 11.9 Å². The molecule has 0 saturated carbocycles. The summed E-state index contributed by atoms with van der Waals surface area (Å²) in [5.74, 6) is 1.09. The van der Waals surface area contributed by atoms with Gasteiger partial charge in [-0.1, -0.05) is 34.1 Å². The molecule has 0 aliphatic heterocycles. The highest BCUT2D eigenvalue weighted by molar-refractivity contribution is 9.10. The van der Waals surface area contributed by atoms with E-state index in [1.54, 1.807) is 18.3 Å². The number of rotatable bonds is 4. The summed E-state index contributed by atoms with van der Waals surface area (Å²) in [6, 6.07) is 17.2. The van der Waals surface area contributed by atoms with E-state index in [0.29, 0.717) is 23.0 Å². The van der Waals surface area contributed by atoms with Crippen molar-refractivity contribution in [2.75, 3.05) is 10.6 Å². The van der Waals surface area contributed by atoms with Crippen LogP contribution in [0.5, 0.6) is 0 Å². The van der Waals surface area contributed by atoms with Gasteiger partial charge in [0.25, 0.3) is 0 Å². The quantitative estimate of drug-likeness (QED) is 0.673. The molecule has 0 amide bonds. The van der Waals surface area contributed by atoms with Crippen LogP contribution in [0.25, 0.3) is 0 Å². The number of hydrogen-bond donors (Lipinski definition) is 2. The molecule has 6 heteroatoms. The Morgan fingerprint density at radius 3 is 2.71 bits per heavy atom. The summed E-state index contributed by atoms with van der Waals surface area (Å²) in [5, 5.41) is 15.5. The smallest absolute Gasteiger partial charge is 0.229 e. The van der Waals surface area contributed by atoms with Crippen LogP contribution in [-0.2, 0) is 0 Å². The Labute approximate surface area is 148 Å². The average molecular weight is 380 g/mol. The minimum absolute atomic E-state index is 0.477. The number of nitriles is 1. The molecule has 5 nitrogen and oxygen atoms in total. The highest BCUT2D eigenvalue weighted by atomic mass is 79.9. The molecule has 3 aromatic rings. The minimum Gasteiger partial charge on any atom is -0.339 e. The van der Waals surface area contributed by atoms with Crippen molar-refractivity contribution in [1.29, 1.82) is 5.26 Å². The molecule has 2 aromatic carbocycles. The topological polar surface area (TPSA) is 73.6 Å². The fraction of sp³-hybridized carbons (Fsp3) is 0.0556. The number of halogens is 1. The van der Waals surface area contributed by atoms with Crippen molar-refractivity contribution < 1.29 is 0 Å². The molecule has 0 spiro atoms. The molecule has 0 fully saturated rings. The molecule has 24 heavy (non-hydrogen) atoms. The normalized spacial score (nSPS) is 10.0. The molecule has 0 bridgehead atoms. The van der Waals surface area contributed by atoms with E-state index >= 15 is 0 Å². The highest BCUT2D eigenvalue weighted by Crippen LogP contribution is 2.23. The van der Waals surface area contributed by atoms with E-state index in [2.05, 4.69) is 42.6 Å². The fourth-order valence-corrected chi connectivity index (χ4v) is 2.49. The summed E-state index contributed by atoms with van der Waals surface area (Å²) >= 11 is 3.51. The molecule has 0 aliphatic rings. The van der Waals surface area contributed by atoms with Crippen LogP contribution in [0.1, 0.15) is 11.1 Å². The Morgan fingerprint density at radius 1 is 1.08 bits per heavy atom. The van der Waals surface area contributed by atoms with Gasteiger partial charge in [0.05, 0.1) is 11.3 Å². The fourth-order valence-electron chi connectivity index (χ4n) is 2.12. The Bertz CT molecular complexity index is 917. The van der Waals surface area contributed by atoms with Crippen molar-refractivity contribution in [3.8, 4) is 6.07 Å². The molecular weight excluding hydrogens is 366 g/mol.